The van der Waals surface area contributed by atoms with Gasteiger partial charge in [-0.2, -0.15) is 10.4 Å². The molecule has 3 rings (SSSR count). The summed E-state index contributed by atoms with van der Waals surface area (Å²) in [5.41, 5.74) is 1.53. The molecule has 0 spiro atoms. The molecule has 0 unspecified atom stereocenters. The second-order valence-electron chi connectivity index (χ2n) is 6.41. The maximum atomic E-state index is 12.7. The van der Waals surface area contributed by atoms with Crippen molar-refractivity contribution in [3.63, 3.8) is 0 Å². The number of nitrogens with zero attached hydrogens (tertiary/aromatic N) is 5. The highest BCUT2D eigenvalue weighted by Gasteiger charge is 2.19. The van der Waals surface area contributed by atoms with Crippen LogP contribution in [0.1, 0.15) is 31.9 Å². The van der Waals surface area contributed by atoms with Crippen molar-refractivity contribution in [2.75, 3.05) is 0 Å². The van der Waals surface area contributed by atoms with Crippen LogP contribution in [0.2, 0.25) is 0 Å². The van der Waals surface area contributed by atoms with Crippen LogP contribution in [-0.2, 0) is 12.1 Å². The number of benzene rings is 1. The molecule has 0 aliphatic rings. The maximum absolute atomic E-state index is 12.7. The predicted octanol–water partition coefficient (Wildman–Crippen LogP) is 2.27. The fraction of sp³-hybridized carbons (Fsp3) is 0.294. The molecule has 0 aliphatic heterocycles. The first-order valence-corrected chi connectivity index (χ1v) is 7.33. The van der Waals surface area contributed by atoms with E-state index >= 15 is 0 Å². The lowest BCUT2D eigenvalue weighted by Gasteiger charge is -2.19. The number of hydrogen-bond donors (Lipinski definition) is 0. The molecule has 0 bridgehead atoms. The quantitative estimate of drug-likeness (QED) is 0.727. The molecule has 0 radical (unpaired) electrons. The van der Waals surface area contributed by atoms with E-state index in [1.54, 1.807) is 23.0 Å². The highest BCUT2D eigenvalue weighted by molar-refractivity contribution is 5.73. The van der Waals surface area contributed by atoms with Crippen LogP contribution in [0.15, 0.2) is 41.6 Å². The van der Waals surface area contributed by atoms with Crippen molar-refractivity contribution in [1.82, 2.24) is 19.3 Å². The monoisotopic (exact) mass is 307 g/mol. The van der Waals surface area contributed by atoms with Gasteiger partial charge in [-0.15, -0.1) is 0 Å². The van der Waals surface area contributed by atoms with Gasteiger partial charge < -0.3 is 0 Å². The lowest BCUT2D eigenvalue weighted by molar-refractivity contribution is 0.365. The molecule has 3 aromatic rings. The van der Waals surface area contributed by atoms with E-state index in [9.17, 15) is 4.79 Å². The Hall–Kier alpha value is -2.94. The van der Waals surface area contributed by atoms with Gasteiger partial charge in [-0.1, -0.05) is 18.2 Å². The zero-order valence-electron chi connectivity index (χ0n) is 13.3. The van der Waals surface area contributed by atoms with Gasteiger partial charge in [0, 0.05) is 0 Å². The van der Waals surface area contributed by atoms with Gasteiger partial charge in [0.25, 0.3) is 5.56 Å². The van der Waals surface area contributed by atoms with E-state index in [-0.39, 0.29) is 11.1 Å². The summed E-state index contributed by atoms with van der Waals surface area (Å²) in [7, 11) is 0. The number of fused-ring (bicyclic) bond motifs is 1. The third kappa shape index (κ3) is 2.61. The van der Waals surface area contributed by atoms with Crippen LogP contribution in [0.3, 0.4) is 0 Å². The van der Waals surface area contributed by atoms with Crippen molar-refractivity contribution in [1.29, 1.82) is 5.26 Å². The minimum Gasteiger partial charge on any atom is -0.294 e. The minimum atomic E-state index is -0.249. The average Bonchev–Trinajstić information content (AvgIpc) is 2.95. The summed E-state index contributed by atoms with van der Waals surface area (Å²) >= 11 is 0. The first kappa shape index (κ1) is 15.0. The Labute approximate surface area is 133 Å². The van der Waals surface area contributed by atoms with Gasteiger partial charge >= 0.3 is 0 Å². The number of rotatable bonds is 2. The van der Waals surface area contributed by atoms with Crippen LogP contribution in [0.4, 0.5) is 0 Å². The van der Waals surface area contributed by atoms with Gasteiger partial charge in [0.05, 0.1) is 29.9 Å². The summed E-state index contributed by atoms with van der Waals surface area (Å²) in [6, 6.07) is 9.38. The molecule has 0 fully saturated rings. The molecule has 0 amide bonds. The normalized spacial score (nSPS) is 11.6. The first-order chi connectivity index (χ1) is 10.9. The molecule has 0 saturated carbocycles. The van der Waals surface area contributed by atoms with Crippen LogP contribution in [0.5, 0.6) is 0 Å². The fourth-order valence-electron chi connectivity index (χ4n) is 2.50. The molecular formula is C17H17N5O. The summed E-state index contributed by atoms with van der Waals surface area (Å²) in [6.07, 6.45) is 3.07. The van der Waals surface area contributed by atoms with E-state index in [1.165, 1.54) is 10.9 Å². The highest BCUT2D eigenvalue weighted by atomic mass is 16.1. The summed E-state index contributed by atoms with van der Waals surface area (Å²) in [5.74, 6) is 0. The number of hydrogen-bond acceptors (Lipinski definition) is 4. The molecule has 2 aromatic heterocycles. The molecule has 0 aliphatic carbocycles. The Morgan fingerprint density at radius 1 is 1.26 bits per heavy atom. The van der Waals surface area contributed by atoms with Gasteiger partial charge in [-0.25, -0.2) is 9.67 Å². The second-order valence-corrected chi connectivity index (χ2v) is 6.41. The zero-order valence-corrected chi connectivity index (χ0v) is 13.3. The van der Waals surface area contributed by atoms with Gasteiger partial charge in [0.15, 0.2) is 5.65 Å². The smallest absolute Gasteiger partial charge is 0.264 e. The Morgan fingerprint density at radius 2 is 2.00 bits per heavy atom. The molecule has 6 nitrogen and oxygen atoms in total. The van der Waals surface area contributed by atoms with E-state index in [0.717, 1.165) is 5.56 Å². The number of aromatic nitrogens is 4. The summed E-state index contributed by atoms with van der Waals surface area (Å²) < 4.78 is 3.25. The van der Waals surface area contributed by atoms with Crippen LogP contribution < -0.4 is 5.56 Å². The summed E-state index contributed by atoms with van der Waals surface area (Å²) in [5, 5.41) is 13.9. The van der Waals surface area contributed by atoms with Crippen molar-refractivity contribution in [2.45, 2.75) is 32.9 Å². The van der Waals surface area contributed by atoms with E-state index in [1.807, 2.05) is 32.9 Å². The van der Waals surface area contributed by atoms with Crippen molar-refractivity contribution < 1.29 is 0 Å². The van der Waals surface area contributed by atoms with Crippen molar-refractivity contribution >= 4 is 11.0 Å². The molecule has 116 valence electrons. The van der Waals surface area contributed by atoms with Gasteiger partial charge in [-0.3, -0.25) is 9.36 Å². The Kier molecular flexibility index (Phi) is 3.49. The summed E-state index contributed by atoms with van der Waals surface area (Å²) in [4.78, 5) is 17.1. The van der Waals surface area contributed by atoms with Crippen molar-refractivity contribution in [2.24, 2.45) is 0 Å². The van der Waals surface area contributed by atoms with Gasteiger partial charge in [0.2, 0.25) is 0 Å². The Bertz CT molecular complexity index is 969. The highest BCUT2D eigenvalue weighted by Crippen LogP contribution is 2.18. The van der Waals surface area contributed by atoms with Gasteiger partial charge in [-0.05, 0) is 32.4 Å². The summed E-state index contributed by atoms with van der Waals surface area (Å²) in [6.45, 7) is 6.34. The average molecular weight is 307 g/mol. The van der Waals surface area contributed by atoms with Crippen molar-refractivity contribution in [3.8, 4) is 6.07 Å². The van der Waals surface area contributed by atoms with E-state index < -0.39 is 0 Å². The molecule has 1 aromatic carbocycles. The van der Waals surface area contributed by atoms with Crippen LogP contribution in [-0.4, -0.2) is 19.3 Å². The van der Waals surface area contributed by atoms with E-state index in [0.29, 0.717) is 23.1 Å². The van der Waals surface area contributed by atoms with E-state index in [2.05, 4.69) is 16.2 Å². The number of nitriles is 1. The molecule has 0 N–H and O–H groups in total. The molecular weight excluding hydrogens is 290 g/mol. The zero-order chi connectivity index (χ0) is 16.6. The van der Waals surface area contributed by atoms with Crippen molar-refractivity contribution in [3.05, 3.63) is 58.3 Å². The third-order valence-electron chi connectivity index (χ3n) is 3.67. The lowest BCUT2D eigenvalue weighted by atomic mass is 10.1. The Balaban J connectivity index is 2.09. The topological polar surface area (TPSA) is 76.5 Å². The van der Waals surface area contributed by atoms with Crippen LogP contribution in [0, 0.1) is 11.3 Å². The van der Waals surface area contributed by atoms with E-state index in [4.69, 9.17) is 5.26 Å². The Morgan fingerprint density at radius 3 is 2.70 bits per heavy atom. The molecule has 0 saturated heterocycles. The lowest BCUT2D eigenvalue weighted by Crippen LogP contribution is -2.25. The predicted molar refractivity (Wildman–Crippen MR) is 87.0 cm³/mol. The molecule has 6 heteroatoms. The fourth-order valence-corrected chi connectivity index (χ4v) is 2.50. The first-order valence-electron chi connectivity index (χ1n) is 7.33. The van der Waals surface area contributed by atoms with Crippen LogP contribution in [0.25, 0.3) is 11.0 Å². The molecule has 2 heterocycles. The third-order valence-corrected chi connectivity index (χ3v) is 3.67. The minimum absolute atomic E-state index is 0.154. The molecule has 23 heavy (non-hydrogen) atoms. The van der Waals surface area contributed by atoms with Gasteiger partial charge in [0.1, 0.15) is 11.7 Å². The largest absolute Gasteiger partial charge is 0.294 e. The maximum Gasteiger partial charge on any atom is 0.264 e. The molecule has 0 atom stereocenters. The van der Waals surface area contributed by atoms with Crippen LogP contribution >= 0.6 is 0 Å². The standard InChI is InChI=1S/C17H17N5O/c1-17(2,3)22-15-14(9-20-22)16(23)21(11-19-15)10-13-7-5-4-6-12(13)8-18/h4-7,9,11H,10H2,1-3H3. The SMILES string of the molecule is CC(C)(C)n1ncc2c(=O)n(Cc3ccccc3C#N)cnc21. The second kappa shape index (κ2) is 5.36.